The molecule has 5 heteroatoms. The van der Waals surface area contributed by atoms with Gasteiger partial charge in [0.25, 0.3) is 0 Å². The number of nitrogens with one attached hydrogen (secondary N) is 1. The molecule has 1 aliphatic rings. The third-order valence-corrected chi connectivity index (χ3v) is 6.08. The molecule has 3 aromatic rings. The topological polar surface area (TPSA) is 29.9 Å². The van der Waals surface area contributed by atoms with Crippen LogP contribution in [-0.4, -0.2) is 22.9 Å². The molecule has 0 fully saturated rings. The quantitative estimate of drug-likeness (QED) is 0.655. The highest BCUT2D eigenvalue weighted by atomic mass is 35.5. The van der Waals surface area contributed by atoms with Gasteiger partial charge in [-0.2, -0.15) is 5.10 Å². The summed E-state index contributed by atoms with van der Waals surface area (Å²) in [4.78, 5) is 1.26. The molecule has 0 saturated carbocycles. The lowest BCUT2D eigenvalue weighted by Crippen LogP contribution is -2.16. The molecule has 0 spiro atoms. The predicted molar refractivity (Wildman–Crippen MR) is 110 cm³/mol. The number of aromatic nitrogens is 2. The van der Waals surface area contributed by atoms with Crippen molar-refractivity contribution in [3.05, 3.63) is 76.1 Å². The molecule has 0 amide bonds. The minimum absolute atomic E-state index is 0.777. The molecule has 2 aromatic carbocycles. The molecule has 26 heavy (non-hydrogen) atoms. The van der Waals surface area contributed by atoms with Gasteiger partial charge in [-0.25, -0.2) is 4.68 Å². The maximum absolute atomic E-state index is 6.62. The van der Waals surface area contributed by atoms with Gasteiger partial charge in [-0.05, 0) is 68.2 Å². The molecular formula is C21H22ClN3S. The zero-order chi connectivity index (χ0) is 17.9. The third-order valence-electron chi connectivity index (χ3n) is 4.73. The largest absolute Gasteiger partial charge is 0.316 e. The van der Waals surface area contributed by atoms with Crippen LogP contribution in [0.4, 0.5) is 0 Å². The van der Waals surface area contributed by atoms with Gasteiger partial charge in [0.05, 0.1) is 16.4 Å². The van der Waals surface area contributed by atoms with Crippen LogP contribution >= 0.6 is 23.4 Å². The molecule has 0 bridgehead atoms. The molecule has 4 rings (SSSR count). The van der Waals surface area contributed by atoms with Crippen LogP contribution in [0.1, 0.15) is 22.5 Å². The Morgan fingerprint density at radius 2 is 1.92 bits per heavy atom. The highest BCUT2D eigenvalue weighted by molar-refractivity contribution is 7.98. The summed E-state index contributed by atoms with van der Waals surface area (Å²) in [5.41, 5.74) is 5.97. The Morgan fingerprint density at radius 3 is 2.77 bits per heavy atom. The molecule has 0 radical (unpaired) electrons. The number of aryl methyl sites for hydroxylation is 1. The van der Waals surface area contributed by atoms with Gasteiger partial charge in [0, 0.05) is 16.3 Å². The van der Waals surface area contributed by atoms with Gasteiger partial charge in [0.1, 0.15) is 0 Å². The zero-order valence-electron chi connectivity index (χ0n) is 14.8. The second kappa shape index (κ2) is 7.87. The average Bonchev–Trinajstić information content (AvgIpc) is 2.86. The minimum Gasteiger partial charge on any atom is -0.316 e. The van der Waals surface area contributed by atoms with Crippen molar-refractivity contribution in [1.29, 1.82) is 0 Å². The van der Waals surface area contributed by atoms with E-state index in [1.54, 1.807) is 0 Å². The van der Waals surface area contributed by atoms with Crippen LogP contribution in [0, 0.1) is 6.92 Å². The molecule has 1 aromatic heterocycles. The van der Waals surface area contributed by atoms with E-state index in [0.29, 0.717) is 0 Å². The summed E-state index contributed by atoms with van der Waals surface area (Å²) in [6.07, 6.45) is 2.02. The second-order valence-corrected chi connectivity index (χ2v) is 8.03. The van der Waals surface area contributed by atoms with Gasteiger partial charge in [-0.1, -0.05) is 35.9 Å². The molecule has 3 nitrogen and oxygen atoms in total. The van der Waals surface area contributed by atoms with E-state index in [4.69, 9.17) is 16.7 Å². The fraction of sp³-hybridized carbons (Fsp3) is 0.286. The van der Waals surface area contributed by atoms with E-state index in [-0.39, 0.29) is 0 Å². The van der Waals surface area contributed by atoms with Crippen molar-refractivity contribution in [2.75, 3.05) is 13.1 Å². The Labute approximate surface area is 163 Å². The predicted octanol–water partition coefficient (Wildman–Crippen LogP) is 4.81. The van der Waals surface area contributed by atoms with E-state index in [2.05, 4.69) is 48.6 Å². The summed E-state index contributed by atoms with van der Waals surface area (Å²) in [6.45, 7) is 4.11. The van der Waals surface area contributed by atoms with E-state index in [9.17, 15) is 0 Å². The first kappa shape index (κ1) is 17.7. The van der Waals surface area contributed by atoms with Crippen LogP contribution < -0.4 is 5.32 Å². The van der Waals surface area contributed by atoms with Crippen LogP contribution in [-0.2, 0) is 18.6 Å². The number of rotatable bonds is 4. The Kier molecular flexibility index (Phi) is 5.34. The lowest BCUT2D eigenvalue weighted by Gasteiger charge is -2.15. The van der Waals surface area contributed by atoms with Gasteiger partial charge in [0.2, 0.25) is 0 Å². The van der Waals surface area contributed by atoms with Crippen molar-refractivity contribution < 1.29 is 0 Å². The summed E-state index contributed by atoms with van der Waals surface area (Å²) < 4.78 is 2.04. The van der Waals surface area contributed by atoms with Gasteiger partial charge in [0.15, 0.2) is 0 Å². The smallest absolute Gasteiger partial charge is 0.0870 e. The SMILES string of the molecule is Cc1cc(CSc2ccccc2)nn1-c1c(Cl)ccc2c1CCNCC2. The molecule has 1 aliphatic heterocycles. The summed E-state index contributed by atoms with van der Waals surface area (Å²) >= 11 is 8.42. The molecule has 2 heterocycles. The van der Waals surface area contributed by atoms with Crippen LogP contribution in [0.25, 0.3) is 5.69 Å². The summed E-state index contributed by atoms with van der Waals surface area (Å²) in [5, 5.41) is 9.14. The first-order chi connectivity index (χ1) is 12.7. The Balaban J connectivity index is 1.65. The number of hydrogen-bond acceptors (Lipinski definition) is 3. The van der Waals surface area contributed by atoms with Crippen molar-refractivity contribution in [3.63, 3.8) is 0 Å². The second-order valence-electron chi connectivity index (χ2n) is 6.57. The van der Waals surface area contributed by atoms with Crippen molar-refractivity contribution in [1.82, 2.24) is 15.1 Å². The van der Waals surface area contributed by atoms with Crippen LogP contribution in [0.15, 0.2) is 53.4 Å². The van der Waals surface area contributed by atoms with Crippen molar-refractivity contribution in [3.8, 4) is 5.69 Å². The maximum atomic E-state index is 6.62. The number of benzene rings is 2. The van der Waals surface area contributed by atoms with E-state index >= 15 is 0 Å². The first-order valence-corrected chi connectivity index (χ1v) is 10.3. The Hall–Kier alpha value is -1.75. The highest BCUT2D eigenvalue weighted by Gasteiger charge is 2.18. The normalized spacial score (nSPS) is 14.1. The maximum Gasteiger partial charge on any atom is 0.0870 e. The number of nitrogens with zero attached hydrogens (tertiary/aromatic N) is 2. The van der Waals surface area contributed by atoms with Crippen LogP contribution in [0.5, 0.6) is 0 Å². The fourth-order valence-corrected chi connectivity index (χ4v) is 4.52. The lowest BCUT2D eigenvalue weighted by atomic mass is 10.0. The fourth-order valence-electron chi connectivity index (χ4n) is 3.46. The van der Waals surface area contributed by atoms with Crippen molar-refractivity contribution >= 4 is 23.4 Å². The Bertz CT molecular complexity index is 905. The number of fused-ring (bicyclic) bond motifs is 1. The van der Waals surface area contributed by atoms with Crippen molar-refractivity contribution in [2.24, 2.45) is 0 Å². The third kappa shape index (κ3) is 3.68. The zero-order valence-corrected chi connectivity index (χ0v) is 16.4. The summed E-state index contributed by atoms with van der Waals surface area (Å²) in [5.74, 6) is 0.853. The number of halogens is 1. The van der Waals surface area contributed by atoms with Gasteiger partial charge < -0.3 is 5.32 Å². The van der Waals surface area contributed by atoms with Crippen LogP contribution in [0.2, 0.25) is 5.02 Å². The van der Waals surface area contributed by atoms with Gasteiger partial charge >= 0.3 is 0 Å². The molecule has 0 aliphatic carbocycles. The van der Waals surface area contributed by atoms with E-state index in [0.717, 1.165) is 53.8 Å². The minimum atomic E-state index is 0.777. The summed E-state index contributed by atoms with van der Waals surface area (Å²) in [7, 11) is 0. The van der Waals surface area contributed by atoms with Crippen LogP contribution in [0.3, 0.4) is 0 Å². The molecule has 0 unspecified atom stereocenters. The van der Waals surface area contributed by atoms with Gasteiger partial charge in [-0.3, -0.25) is 0 Å². The summed E-state index contributed by atoms with van der Waals surface area (Å²) in [6, 6.07) is 16.8. The lowest BCUT2D eigenvalue weighted by molar-refractivity contribution is 0.709. The standard InChI is InChI=1S/C21H22ClN3S/c1-15-13-17(14-26-18-5-3-2-4-6-18)24-25(15)21-19-10-12-23-11-9-16(19)7-8-20(21)22/h2-8,13,23H,9-12,14H2,1H3. The molecular weight excluding hydrogens is 362 g/mol. The molecule has 0 atom stereocenters. The first-order valence-electron chi connectivity index (χ1n) is 8.97. The van der Waals surface area contributed by atoms with E-state index < -0.39 is 0 Å². The Morgan fingerprint density at radius 1 is 1.12 bits per heavy atom. The average molecular weight is 384 g/mol. The molecule has 134 valence electrons. The number of hydrogen-bond donors (Lipinski definition) is 1. The van der Waals surface area contributed by atoms with E-state index in [1.165, 1.54) is 16.0 Å². The molecule has 0 saturated heterocycles. The van der Waals surface area contributed by atoms with E-state index in [1.807, 2.05) is 28.6 Å². The highest BCUT2D eigenvalue weighted by Crippen LogP contribution is 2.31. The monoisotopic (exact) mass is 383 g/mol. The van der Waals surface area contributed by atoms with Gasteiger partial charge in [-0.15, -0.1) is 11.8 Å². The molecule has 1 N–H and O–H groups in total. The number of thioether (sulfide) groups is 1. The van der Waals surface area contributed by atoms with Crippen molar-refractivity contribution in [2.45, 2.75) is 30.4 Å².